The van der Waals surface area contributed by atoms with Gasteiger partial charge in [-0.05, 0) is 36.9 Å². The SMILES string of the molecule is NC(=O)[C@H]1CCCN(CC(=O)N[C@H](Cc2ccccc2)c2ccccc2)C1. The smallest absolute Gasteiger partial charge is 0.234 e. The van der Waals surface area contributed by atoms with E-state index < -0.39 is 0 Å². The predicted molar refractivity (Wildman–Crippen MR) is 106 cm³/mol. The molecule has 1 heterocycles. The Labute approximate surface area is 160 Å². The molecule has 0 radical (unpaired) electrons. The molecule has 2 amide bonds. The number of hydrogen-bond donors (Lipinski definition) is 2. The molecular formula is C22H27N3O2. The molecule has 0 unspecified atom stereocenters. The summed E-state index contributed by atoms with van der Waals surface area (Å²) >= 11 is 0. The minimum Gasteiger partial charge on any atom is -0.369 e. The molecule has 0 aliphatic carbocycles. The molecule has 27 heavy (non-hydrogen) atoms. The van der Waals surface area contributed by atoms with Gasteiger partial charge in [0.25, 0.3) is 0 Å². The maximum absolute atomic E-state index is 12.7. The van der Waals surface area contributed by atoms with Gasteiger partial charge in [0.05, 0.1) is 18.5 Å². The number of amides is 2. The second-order valence-electron chi connectivity index (χ2n) is 7.20. The Morgan fingerprint density at radius 2 is 1.74 bits per heavy atom. The predicted octanol–water partition coefficient (Wildman–Crippen LogP) is 2.28. The van der Waals surface area contributed by atoms with Crippen molar-refractivity contribution in [2.45, 2.75) is 25.3 Å². The number of likely N-dealkylation sites (tertiary alicyclic amines) is 1. The molecule has 1 saturated heterocycles. The van der Waals surface area contributed by atoms with Gasteiger partial charge in [-0.15, -0.1) is 0 Å². The highest BCUT2D eigenvalue weighted by atomic mass is 16.2. The van der Waals surface area contributed by atoms with Gasteiger partial charge in [0.2, 0.25) is 11.8 Å². The summed E-state index contributed by atoms with van der Waals surface area (Å²) in [5.41, 5.74) is 7.70. The number of hydrogen-bond acceptors (Lipinski definition) is 3. The summed E-state index contributed by atoms with van der Waals surface area (Å²) in [5, 5.41) is 3.18. The number of carbonyl (C=O) groups is 2. The third-order valence-corrected chi connectivity index (χ3v) is 5.09. The molecule has 0 spiro atoms. The highest BCUT2D eigenvalue weighted by molar-refractivity contribution is 5.79. The lowest BCUT2D eigenvalue weighted by Crippen LogP contribution is -2.46. The minimum absolute atomic E-state index is 0.0232. The molecule has 1 aliphatic rings. The fourth-order valence-electron chi connectivity index (χ4n) is 3.66. The van der Waals surface area contributed by atoms with Crippen LogP contribution in [0, 0.1) is 5.92 Å². The van der Waals surface area contributed by atoms with Crippen LogP contribution in [0.25, 0.3) is 0 Å². The first kappa shape index (κ1) is 19.1. The molecular weight excluding hydrogens is 338 g/mol. The monoisotopic (exact) mass is 365 g/mol. The van der Waals surface area contributed by atoms with Crippen molar-refractivity contribution in [3.8, 4) is 0 Å². The van der Waals surface area contributed by atoms with E-state index in [1.54, 1.807) is 0 Å². The summed E-state index contributed by atoms with van der Waals surface area (Å²) in [6.45, 7) is 1.69. The molecule has 5 heteroatoms. The average molecular weight is 365 g/mol. The van der Waals surface area contributed by atoms with Gasteiger partial charge in [-0.1, -0.05) is 60.7 Å². The van der Waals surface area contributed by atoms with Crippen LogP contribution in [-0.2, 0) is 16.0 Å². The number of benzene rings is 2. The normalized spacial score (nSPS) is 18.6. The van der Waals surface area contributed by atoms with Crippen LogP contribution < -0.4 is 11.1 Å². The van der Waals surface area contributed by atoms with Crippen molar-refractivity contribution in [3.05, 3.63) is 71.8 Å². The lowest BCUT2D eigenvalue weighted by molar-refractivity contribution is -0.127. The molecule has 142 valence electrons. The van der Waals surface area contributed by atoms with Crippen LogP contribution in [0.15, 0.2) is 60.7 Å². The number of rotatable bonds is 7. The number of primary amides is 1. The Bertz CT molecular complexity index is 749. The van der Waals surface area contributed by atoms with Crippen LogP contribution in [0.3, 0.4) is 0 Å². The van der Waals surface area contributed by atoms with E-state index >= 15 is 0 Å². The lowest BCUT2D eigenvalue weighted by atomic mass is 9.97. The molecule has 2 atom stereocenters. The summed E-state index contributed by atoms with van der Waals surface area (Å²) < 4.78 is 0. The number of nitrogens with one attached hydrogen (secondary N) is 1. The fraction of sp³-hybridized carbons (Fsp3) is 0.364. The zero-order valence-corrected chi connectivity index (χ0v) is 15.5. The lowest BCUT2D eigenvalue weighted by Gasteiger charge is -2.31. The fourth-order valence-corrected chi connectivity index (χ4v) is 3.66. The third-order valence-electron chi connectivity index (χ3n) is 5.09. The molecule has 1 aliphatic heterocycles. The third kappa shape index (κ3) is 5.66. The van der Waals surface area contributed by atoms with Crippen molar-refractivity contribution in [2.24, 2.45) is 11.7 Å². The standard InChI is InChI=1S/C22H27N3O2/c23-22(27)19-12-7-13-25(15-19)16-21(26)24-20(18-10-5-2-6-11-18)14-17-8-3-1-4-9-17/h1-6,8-11,19-20H,7,12-16H2,(H2,23,27)(H,24,26)/t19-,20+/m0/s1. The summed E-state index contributed by atoms with van der Waals surface area (Å²) in [4.78, 5) is 26.2. The van der Waals surface area contributed by atoms with Gasteiger partial charge in [-0.2, -0.15) is 0 Å². The maximum Gasteiger partial charge on any atom is 0.234 e. The first-order valence-electron chi connectivity index (χ1n) is 9.51. The van der Waals surface area contributed by atoms with E-state index in [9.17, 15) is 9.59 Å². The first-order valence-corrected chi connectivity index (χ1v) is 9.51. The van der Waals surface area contributed by atoms with Crippen molar-refractivity contribution in [1.29, 1.82) is 0 Å². The van der Waals surface area contributed by atoms with E-state index in [0.29, 0.717) is 13.1 Å². The van der Waals surface area contributed by atoms with Gasteiger partial charge in [0.15, 0.2) is 0 Å². The van der Waals surface area contributed by atoms with Crippen LogP contribution >= 0.6 is 0 Å². The summed E-state index contributed by atoms with van der Waals surface area (Å²) in [7, 11) is 0. The van der Waals surface area contributed by atoms with Crippen LogP contribution in [0.5, 0.6) is 0 Å². The Balaban J connectivity index is 1.64. The van der Waals surface area contributed by atoms with E-state index in [2.05, 4.69) is 17.4 Å². The number of piperidine rings is 1. The van der Waals surface area contributed by atoms with Crippen molar-refractivity contribution < 1.29 is 9.59 Å². The topological polar surface area (TPSA) is 75.4 Å². The summed E-state index contributed by atoms with van der Waals surface area (Å²) in [6.07, 6.45) is 2.45. The zero-order valence-electron chi connectivity index (χ0n) is 15.5. The van der Waals surface area contributed by atoms with Gasteiger partial charge in [-0.3, -0.25) is 14.5 Å². The van der Waals surface area contributed by atoms with Gasteiger partial charge in [-0.25, -0.2) is 0 Å². The van der Waals surface area contributed by atoms with E-state index in [-0.39, 0.29) is 23.8 Å². The van der Waals surface area contributed by atoms with Crippen molar-refractivity contribution in [3.63, 3.8) is 0 Å². The Morgan fingerprint density at radius 3 is 2.41 bits per heavy atom. The molecule has 0 saturated carbocycles. The van der Waals surface area contributed by atoms with Gasteiger partial charge in [0.1, 0.15) is 0 Å². The zero-order chi connectivity index (χ0) is 19.1. The highest BCUT2D eigenvalue weighted by Gasteiger charge is 2.26. The summed E-state index contributed by atoms with van der Waals surface area (Å²) in [6, 6.07) is 20.1. The minimum atomic E-state index is -0.272. The molecule has 3 rings (SSSR count). The second kappa shape index (κ2) is 9.33. The van der Waals surface area contributed by atoms with Crippen molar-refractivity contribution in [1.82, 2.24) is 10.2 Å². The average Bonchev–Trinajstić information content (AvgIpc) is 2.69. The molecule has 0 aromatic heterocycles. The second-order valence-corrected chi connectivity index (χ2v) is 7.20. The van der Waals surface area contributed by atoms with Crippen LogP contribution in [0.2, 0.25) is 0 Å². The summed E-state index contributed by atoms with van der Waals surface area (Å²) in [5.74, 6) is -0.447. The van der Waals surface area contributed by atoms with E-state index in [0.717, 1.165) is 31.4 Å². The van der Waals surface area contributed by atoms with Crippen molar-refractivity contribution >= 4 is 11.8 Å². The van der Waals surface area contributed by atoms with Gasteiger partial charge >= 0.3 is 0 Å². The molecule has 5 nitrogen and oxygen atoms in total. The Hall–Kier alpha value is -2.66. The van der Waals surface area contributed by atoms with Crippen LogP contribution in [0.4, 0.5) is 0 Å². The number of nitrogens with two attached hydrogens (primary N) is 1. The Morgan fingerprint density at radius 1 is 1.07 bits per heavy atom. The van der Waals surface area contributed by atoms with Crippen LogP contribution in [-0.4, -0.2) is 36.3 Å². The van der Waals surface area contributed by atoms with Crippen LogP contribution in [0.1, 0.15) is 30.0 Å². The van der Waals surface area contributed by atoms with Crippen molar-refractivity contribution in [2.75, 3.05) is 19.6 Å². The highest BCUT2D eigenvalue weighted by Crippen LogP contribution is 2.19. The number of carbonyl (C=O) groups excluding carboxylic acids is 2. The molecule has 2 aromatic rings. The van der Waals surface area contributed by atoms with E-state index in [1.165, 1.54) is 5.56 Å². The quantitative estimate of drug-likeness (QED) is 0.790. The van der Waals surface area contributed by atoms with Gasteiger partial charge in [0, 0.05) is 6.54 Å². The molecule has 0 bridgehead atoms. The molecule has 1 fully saturated rings. The van der Waals surface area contributed by atoms with E-state index in [4.69, 9.17) is 5.73 Å². The Kier molecular flexibility index (Phi) is 6.60. The maximum atomic E-state index is 12.7. The number of nitrogens with zero attached hydrogens (tertiary/aromatic N) is 1. The van der Waals surface area contributed by atoms with Gasteiger partial charge < -0.3 is 11.1 Å². The molecule has 3 N–H and O–H groups in total. The first-order chi connectivity index (χ1) is 13.1. The molecule has 2 aromatic carbocycles. The van der Waals surface area contributed by atoms with E-state index in [1.807, 2.05) is 53.4 Å². The largest absolute Gasteiger partial charge is 0.369 e.